The number of nitrogens with one attached hydrogen (secondary N) is 3. The summed E-state index contributed by atoms with van der Waals surface area (Å²) in [6.45, 7) is 5.38. The topological polar surface area (TPSA) is 108 Å². The van der Waals surface area contributed by atoms with Crippen LogP contribution in [-0.4, -0.2) is 56.2 Å². The molecule has 0 aromatic heterocycles. The van der Waals surface area contributed by atoms with Crippen LogP contribution in [0.1, 0.15) is 75.6 Å². The number of halogens is 1. The van der Waals surface area contributed by atoms with Crippen molar-refractivity contribution >= 4 is 27.6 Å². The van der Waals surface area contributed by atoms with E-state index in [1.807, 2.05) is 0 Å². The van der Waals surface area contributed by atoms with Gasteiger partial charge in [-0.15, -0.1) is 0 Å². The second-order valence-electron chi connectivity index (χ2n) is 12.7. The highest BCUT2D eigenvalue weighted by Gasteiger charge is 2.60. The van der Waals surface area contributed by atoms with E-state index in [1.54, 1.807) is 0 Å². The predicted molar refractivity (Wildman–Crippen MR) is 136 cm³/mol. The van der Waals surface area contributed by atoms with Crippen LogP contribution in [0.15, 0.2) is 18.2 Å². The van der Waals surface area contributed by atoms with E-state index in [2.05, 4.69) is 29.2 Å². The lowest BCUT2D eigenvalue weighted by Crippen LogP contribution is -2.65. The number of carbonyl (C=O) groups excluding carboxylic acids is 2. The van der Waals surface area contributed by atoms with Gasteiger partial charge in [0.25, 0.3) is 5.91 Å². The van der Waals surface area contributed by atoms with Gasteiger partial charge in [-0.25, -0.2) is 22.3 Å². The molecular weight excluding hydrogens is 483 g/mol. The first kappa shape index (κ1) is 25.4. The van der Waals surface area contributed by atoms with E-state index in [0.29, 0.717) is 25.3 Å². The zero-order valence-corrected chi connectivity index (χ0v) is 22.1. The smallest absolute Gasteiger partial charge is 0.319 e. The molecule has 0 spiro atoms. The number of anilines is 1. The van der Waals surface area contributed by atoms with Gasteiger partial charge in [0.05, 0.1) is 11.9 Å². The minimum absolute atomic E-state index is 0.0291. The summed E-state index contributed by atoms with van der Waals surface area (Å²) in [5, 5.41) is 5.88. The third-order valence-electron chi connectivity index (χ3n) is 8.56. The Labute approximate surface area is 212 Å². The average molecular weight is 521 g/mol. The van der Waals surface area contributed by atoms with Crippen LogP contribution in [-0.2, 0) is 10.0 Å². The van der Waals surface area contributed by atoms with Crippen molar-refractivity contribution in [3.63, 3.8) is 0 Å². The number of likely N-dealkylation sites (tertiary alicyclic amines) is 1. The Morgan fingerprint density at radius 2 is 1.78 bits per heavy atom. The number of piperidine rings is 1. The lowest BCUT2D eigenvalue weighted by molar-refractivity contribution is -0.113. The standard InChI is InChI=1S/C26H37FN4O4S/c1-24-10-17-11-25(2,14-24)16-26(12-17,15-24)29-23(33)28-21-7-6-18(9-20(21)27)22(32)31-8-4-5-19(13-31)30-36(3,34)35/h6-7,9,17,19,30H,4-5,8,10-16H2,1-3H3,(H2,28,29,33)/t17?,19-,24-,25-,26?/m0/s1. The highest BCUT2D eigenvalue weighted by molar-refractivity contribution is 7.88. The summed E-state index contributed by atoms with van der Waals surface area (Å²) in [5.74, 6) is -0.413. The fourth-order valence-corrected chi connectivity index (χ4v) is 9.27. The van der Waals surface area contributed by atoms with Gasteiger partial charge < -0.3 is 15.5 Å². The normalized spacial score (nSPS) is 35.5. The number of nitrogens with zero attached hydrogens (tertiary/aromatic N) is 1. The highest BCUT2D eigenvalue weighted by Crippen LogP contribution is 2.66. The molecule has 1 saturated heterocycles. The van der Waals surface area contributed by atoms with E-state index < -0.39 is 21.9 Å². The maximum absolute atomic E-state index is 15.0. The summed E-state index contributed by atoms with van der Waals surface area (Å²) in [6, 6.07) is 3.29. The fourth-order valence-electron chi connectivity index (χ4n) is 8.47. The molecule has 3 N–H and O–H groups in total. The largest absolute Gasteiger partial charge is 0.337 e. The number of amides is 3. The van der Waals surface area contributed by atoms with Crippen LogP contribution < -0.4 is 15.4 Å². The van der Waals surface area contributed by atoms with Gasteiger partial charge in [-0.2, -0.15) is 0 Å². The zero-order chi connectivity index (χ0) is 25.9. The highest BCUT2D eigenvalue weighted by atomic mass is 32.2. The fraction of sp³-hybridized carbons (Fsp3) is 0.692. The molecule has 1 aromatic rings. The molecule has 36 heavy (non-hydrogen) atoms. The number of hydrogen-bond donors (Lipinski definition) is 3. The number of rotatable bonds is 5. The van der Waals surface area contributed by atoms with Crippen LogP contribution in [0, 0.1) is 22.6 Å². The van der Waals surface area contributed by atoms with Crippen molar-refractivity contribution in [2.75, 3.05) is 24.7 Å². The monoisotopic (exact) mass is 520 g/mol. The quantitative estimate of drug-likeness (QED) is 0.548. The Morgan fingerprint density at radius 3 is 2.39 bits per heavy atom. The van der Waals surface area contributed by atoms with Gasteiger partial charge in [-0.3, -0.25) is 4.79 Å². The third-order valence-corrected chi connectivity index (χ3v) is 9.32. The van der Waals surface area contributed by atoms with Gasteiger partial charge >= 0.3 is 6.03 Å². The summed E-state index contributed by atoms with van der Waals surface area (Å²) in [5.41, 5.74) is 0.448. The van der Waals surface area contributed by atoms with Gasteiger partial charge in [-0.1, -0.05) is 13.8 Å². The van der Waals surface area contributed by atoms with Crippen molar-refractivity contribution in [2.24, 2.45) is 16.7 Å². The van der Waals surface area contributed by atoms with Crippen molar-refractivity contribution in [1.82, 2.24) is 14.9 Å². The van der Waals surface area contributed by atoms with Crippen LogP contribution in [0.4, 0.5) is 14.9 Å². The Kier molecular flexibility index (Phi) is 6.14. The molecule has 1 aliphatic heterocycles. The SMILES string of the molecule is C[C@@]12CC3CC(NC(=O)Nc4ccc(C(=O)N5CCC[C@H](NS(C)(=O)=O)C5)cc4F)(C1)C[C@@](C)(C3)C2. The maximum Gasteiger partial charge on any atom is 0.319 e. The van der Waals surface area contributed by atoms with E-state index in [9.17, 15) is 22.4 Å². The summed E-state index contributed by atoms with van der Waals surface area (Å²) in [7, 11) is -3.38. The summed E-state index contributed by atoms with van der Waals surface area (Å²) in [6.07, 6.45) is 8.93. The van der Waals surface area contributed by atoms with E-state index in [1.165, 1.54) is 36.3 Å². The molecule has 0 unspecified atom stereocenters. The summed E-state index contributed by atoms with van der Waals surface area (Å²) < 4.78 is 40.6. The van der Waals surface area contributed by atoms with Gasteiger partial charge in [0.2, 0.25) is 10.0 Å². The Bertz CT molecular complexity index is 1170. The molecule has 3 amide bonds. The molecule has 4 bridgehead atoms. The van der Waals surface area contributed by atoms with E-state index in [-0.39, 0.29) is 46.1 Å². The van der Waals surface area contributed by atoms with E-state index in [0.717, 1.165) is 31.6 Å². The van der Waals surface area contributed by atoms with E-state index in [4.69, 9.17) is 0 Å². The number of carbonyl (C=O) groups is 2. The Morgan fingerprint density at radius 1 is 1.08 bits per heavy atom. The lowest BCUT2D eigenvalue weighted by Gasteiger charge is -2.65. The van der Waals surface area contributed by atoms with Crippen LogP contribution in [0.25, 0.3) is 0 Å². The molecule has 8 nitrogen and oxygen atoms in total. The molecule has 5 fully saturated rings. The van der Waals surface area contributed by atoms with E-state index >= 15 is 0 Å². The minimum atomic E-state index is -3.38. The van der Waals surface area contributed by atoms with Gasteiger partial charge in [0, 0.05) is 30.2 Å². The van der Waals surface area contributed by atoms with Crippen molar-refractivity contribution in [2.45, 2.75) is 76.8 Å². The number of hydrogen-bond acceptors (Lipinski definition) is 4. The van der Waals surface area contributed by atoms with Crippen LogP contribution >= 0.6 is 0 Å². The molecule has 4 aliphatic carbocycles. The molecule has 198 valence electrons. The molecule has 4 saturated carbocycles. The lowest BCUT2D eigenvalue weighted by atomic mass is 9.43. The first-order valence-electron chi connectivity index (χ1n) is 12.9. The molecule has 6 rings (SSSR count). The molecule has 5 aliphatic rings. The maximum atomic E-state index is 15.0. The first-order valence-corrected chi connectivity index (χ1v) is 14.8. The van der Waals surface area contributed by atoms with Crippen molar-refractivity contribution in [1.29, 1.82) is 0 Å². The van der Waals surface area contributed by atoms with Crippen molar-refractivity contribution in [3.05, 3.63) is 29.6 Å². The average Bonchev–Trinajstić information content (AvgIpc) is 2.70. The molecule has 3 atom stereocenters. The zero-order valence-electron chi connectivity index (χ0n) is 21.3. The second-order valence-corrected chi connectivity index (χ2v) is 14.4. The molecule has 10 heteroatoms. The molecule has 0 radical (unpaired) electrons. The van der Waals surface area contributed by atoms with Crippen LogP contribution in [0.3, 0.4) is 0 Å². The van der Waals surface area contributed by atoms with Crippen LogP contribution in [0.2, 0.25) is 0 Å². The summed E-state index contributed by atoms with van der Waals surface area (Å²) >= 11 is 0. The minimum Gasteiger partial charge on any atom is -0.337 e. The number of urea groups is 1. The second kappa shape index (κ2) is 8.68. The first-order chi connectivity index (χ1) is 16.7. The van der Waals surface area contributed by atoms with Crippen LogP contribution in [0.5, 0.6) is 0 Å². The third kappa shape index (κ3) is 5.25. The van der Waals surface area contributed by atoms with Gasteiger partial charge in [0.15, 0.2) is 0 Å². The Balaban J connectivity index is 1.23. The molecule has 1 heterocycles. The molecule has 1 aromatic carbocycles. The molecular formula is C26H37FN4O4S. The van der Waals surface area contributed by atoms with Gasteiger partial charge in [0.1, 0.15) is 5.82 Å². The predicted octanol–water partition coefficient (Wildman–Crippen LogP) is 3.85. The number of benzene rings is 1. The van der Waals surface area contributed by atoms with Crippen molar-refractivity contribution < 1.29 is 22.4 Å². The summed E-state index contributed by atoms with van der Waals surface area (Å²) in [4.78, 5) is 27.4. The Hall–Kier alpha value is -2.20. The van der Waals surface area contributed by atoms with Crippen molar-refractivity contribution in [3.8, 4) is 0 Å². The number of sulfonamides is 1. The van der Waals surface area contributed by atoms with Gasteiger partial charge in [-0.05, 0) is 86.3 Å².